The highest BCUT2D eigenvalue weighted by Gasteiger charge is 2.20. The van der Waals surface area contributed by atoms with Gasteiger partial charge in [-0.25, -0.2) is 0 Å². The fourth-order valence-electron chi connectivity index (χ4n) is 1.08. The first-order chi connectivity index (χ1) is 6.56. The van der Waals surface area contributed by atoms with Crippen molar-refractivity contribution in [3.05, 3.63) is 12.2 Å². The summed E-state index contributed by atoms with van der Waals surface area (Å²) in [7, 11) is 3.09. The van der Waals surface area contributed by atoms with Crippen molar-refractivity contribution in [2.75, 3.05) is 14.2 Å². The number of hydrogen-bond donors (Lipinski definition) is 1. The van der Waals surface area contributed by atoms with Crippen molar-refractivity contribution in [2.24, 2.45) is 0 Å². The van der Waals surface area contributed by atoms with Crippen LogP contribution in [-0.2, 0) is 14.3 Å². The van der Waals surface area contributed by atoms with E-state index in [0.29, 0.717) is 5.57 Å². The fraction of sp³-hybridized carbons (Fsp3) is 0.700. The number of ether oxygens (including phenoxy) is 2. The van der Waals surface area contributed by atoms with Crippen molar-refractivity contribution in [3.8, 4) is 0 Å². The maximum absolute atomic E-state index is 11.3. The monoisotopic (exact) mass is 201 g/mol. The van der Waals surface area contributed by atoms with Gasteiger partial charge in [-0.15, -0.1) is 0 Å². The van der Waals surface area contributed by atoms with Crippen LogP contribution in [0.3, 0.4) is 0 Å². The van der Waals surface area contributed by atoms with Gasteiger partial charge in [-0.05, 0) is 13.3 Å². The van der Waals surface area contributed by atoms with Crippen LogP contribution < -0.4 is 5.32 Å². The number of carbonyl (C=O) groups excluding carboxylic acids is 1. The summed E-state index contributed by atoms with van der Waals surface area (Å²) in [6.45, 7) is 7.18. The first kappa shape index (κ1) is 13.1. The van der Waals surface area contributed by atoms with Crippen LogP contribution in [0.15, 0.2) is 12.2 Å². The molecule has 14 heavy (non-hydrogen) atoms. The molecule has 0 aliphatic heterocycles. The third-order valence-electron chi connectivity index (χ3n) is 1.94. The minimum atomic E-state index is -0.414. The average molecular weight is 201 g/mol. The third-order valence-corrected chi connectivity index (χ3v) is 1.94. The standard InChI is InChI=1S/C10H19NO3/c1-6-8(10(13-4)14-5)11-9(12)7(2)3/h8,10H,2,6H2,1,3-5H3,(H,11,12). The lowest BCUT2D eigenvalue weighted by Crippen LogP contribution is -2.44. The Morgan fingerprint density at radius 2 is 1.93 bits per heavy atom. The molecule has 1 N–H and O–H groups in total. The molecule has 4 nitrogen and oxygen atoms in total. The van der Waals surface area contributed by atoms with Gasteiger partial charge in [-0.3, -0.25) is 4.79 Å². The first-order valence-corrected chi connectivity index (χ1v) is 4.58. The molecule has 82 valence electrons. The minimum absolute atomic E-state index is 0.144. The predicted octanol–water partition coefficient (Wildman–Crippen LogP) is 1.08. The normalized spacial score (nSPS) is 12.6. The smallest absolute Gasteiger partial charge is 0.246 e. The number of carbonyl (C=O) groups is 1. The van der Waals surface area contributed by atoms with E-state index >= 15 is 0 Å². The Kier molecular flexibility index (Phi) is 6.16. The zero-order chi connectivity index (χ0) is 11.1. The molecule has 0 radical (unpaired) electrons. The van der Waals surface area contributed by atoms with Crippen LogP contribution in [0.5, 0.6) is 0 Å². The summed E-state index contributed by atoms with van der Waals surface area (Å²) in [5, 5.41) is 2.78. The number of nitrogens with one attached hydrogen (secondary N) is 1. The Bertz CT molecular complexity index is 200. The Morgan fingerprint density at radius 1 is 1.43 bits per heavy atom. The van der Waals surface area contributed by atoms with E-state index in [9.17, 15) is 4.79 Å². The van der Waals surface area contributed by atoms with Gasteiger partial charge in [0.1, 0.15) is 0 Å². The molecule has 0 fully saturated rings. The van der Waals surface area contributed by atoms with Gasteiger partial charge < -0.3 is 14.8 Å². The molecule has 0 aliphatic carbocycles. The van der Waals surface area contributed by atoms with Gasteiger partial charge in [0.2, 0.25) is 5.91 Å². The van der Waals surface area contributed by atoms with Crippen molar-refractivity contribution in [1.29, 1.82) is 0 Å². The fourth-order valence-corrected chi connectivity index (χ4v) is 1.08. The molecule has 0 aromatic rings. The van der Waals surface area contributed by atoms with E-state index in [1.807, 2.05) is 6.92 Å². The second-order valence-corrected chi connectivity index (χ2v) is 3.11. The lowest BCUT2D eigenvalue weighted by molar-refractivity contribution is -0.135. The molecule has 1 atom stereocenters. The molecule has 0 saturated carbocycles. The van der Waals surface area contributed by atoms with Crippen LogP contribution in [0.1, 0.15) is 20.3 Å². The summed E-state index contributed by atoms with van der Waals surface area (Å²) in [6.07, 6.45) is 0.328. The van der Waals surface area contributed by atoms with E-state index in [4.69, 9.17) is 9.47 Å². The zero-order valence-corrected chi connectivity index (χ0v) is 9.29. The second kappa shape index (κ2) is 6.56. The molecule has 4 heteroatoms. The van der Waals surface area contributed by atoms with Crippen LogP contribution in [0.2, 0.25) is 0 Å². The predicted molar refractivity (Wildman–Crippen MR) is 54.8 cm³/mol. The summed E-state index contributed by atoms with van der Waals surface area (Å²) in [5.74, 6) is -0.170. The van der Waals surface area contributed by atoms with E-state index in [1.165, 1.54) is 0 Å². The van der Waals surface area contributed by atoms with E-state index < -0.39 is 6.29 Å². The van der Waals surface area contributed by atoms with E-state index in [0.717, 1.165) is 6.42 Å². The van der Waals surface area contributed by atoms with Crippen LogP contribution in [0.4, 0.5) is 0 Å². The van der Waals surface area contributed by atoms with Gasteiger partial charge in [0.25, 0.3) is 0 Å². The molecule has 0 aliphatic rings. The average Bonchev–Trinajstić information content (AvgIpc) is 2.17. The molecule has 1 amide bonds. The lowest BCUT2D eigenvalue weighted by atomic mass is 10.2. The third kappa shape index (κ3) is 3.89. The van der Waals surface area contributed by atoms with Gasteiger partial charge in [-0.2, -0.15) is 0 Å². The Labute approximate surface area is 85.3 Å². The number of amides is 1. The zero-order valence-electron chi connectivity index (χ0n) is 9.29. The van der Waals surface area contributed by atoms with Crippen molar-refractivity contribution in [2.45, 2.75) is 32.6 Å². The van der Waals surface area contributed by atoms with Crippen LogP contribution >= 0.6 is 0 Å². The molecule has 0 aromatic heterocycles. The molecule has 0 saturated heterocycles. The van der Waals surface area contributed by atoms with Crippen molar-refractivity contribution >= 4 is 5.91 Å². The quantitative estimate of drug-likeness (QED) is 0.516. The van der Waals surface area contributed by atoms with Crippen LogP contribution in [0, 0.1) is 0 Å². The Hall–Kier alpha value is -0.870. The number of methoxy groups -OCH3 is 2. The topological polar surface area (TPSA) is 47.6 Å². The second-order valence-electron chi connectivity index (χ2n) is 3.11. The van der Waals surface area contributed by atoms with E-state index in [-0.39, 0.29) is 11.9 Å². The molecular formula is C10H19NO3. The van der Waals surface area contributed by atoms with E-state index in [2.05, 4.69) is 11.9 Å². The Balaban J connectivity index is 4.27. The minimum Gasteiger partial charge on any atom is -0.354 e. The maximum Gasteiger partial charge on any atom is 0.246 e. The van der Waals surface area contributed by atoms with Crippen molar-refractivity contribution in [3.63, 3.8) is 0 Å². The van der Waals surface area contributed by atoms with Gasteiger partial charge >= 0.3 is 0 Å². The first-order valence-electron chi connectivity index (χ1n) is 4.58. The van der Waals surface area contributed by atoms with Gasteiger partial charge in [0.05, 0.1) is 6.04 Å². The molecule has 1 unspecified atom stereocenters. The number of rotatable bonds is 6. The van der Waals surface area contributed by atoms with Crippen molar-refractivity contribution < 1.29 is 14.3 Å². The highest BCUT2D eigenvalue weighted by molar-refractivity contribution is 5.92. The lowest BCUT2D eigenvalue weighted by Gasteiger charge is -2.24. The van der Waals surface area contributed by atoms with E-state index in [1.54, 1.807) is 21.1 Å². The molecule has 0 bridgehead atoms. The highest BCUT2D eigenvalue weighted by Crippen LogP contribution is 2.04. The van der Waals surface area contributed by atoms with Gasteiger partial charge in [0, 0.05) is 19.8 Å². The molecule has 0 heterocycles. The molecule has 0 spiro atoms. The largest absolute Gasteiger partial charge is 0.354 e. The van der Waals surface area contributed by atoms with Gasteiger partial charge in [0.15, 0.2) is 6.29 Å². The SMILES string of the molecule is C=C(C)C(=O)NC(CC)C(OC)OC. The summed E-state index contributed by atoms with van der Waals surface area (Å²) in [4.78, 5) is 11.3. The van der Waals surface area contributed by atoms with Gasteiger partial charge in [-0.1, -0.05) is 13.5 Å². The van der Waals surface area contributed by atoms with Crippen LogP contribution in [0.25, 0.3) is 0 Å². The summed E-state index contributed by atoms with van der Waals surface area (Å²) in [6, 6.07) is -0.144. The molecule has 0 aromatic carbocycles. The summed E-state index contributed by atoms with van der Waals surface area (Å²) >= 11 is 0. The molecular weight excluding hydrogens is 182 g/mol. The van der Waals surface area contributed by atoms with Crippen LogP contribution in [-0.4, -0.2) is 32.5 Å². The highest BCUT2D eigenvalue weighted by atomic mass is 16.7. The summed E-state index contributed by atoms with van der Waals surface area (Å²) < 4.78 is 10.1. The maximum atomic E-state index is 11.3. The number of hydrogen-bond acceptors (Lipinski definition) is 3. The van der Waals surface area contributed by atoms with Crippen molar-refractivity contribution in [1.82, 2.24) is 5.32 Å². The summed E-state index contributed by atoms with van der Waals surface area (Å²) in [5.41, 5.74) is 0.481. The molecule has 0 rings (SSSR count). The Morgan fingerprint density at radius 3 is 2.21 bits per heavy atom.